The van der Waals surface area contributed by atoms with Crippen LogP contribution in [-0.4, -0.2) is 66.2 Å². The molecular formula is C16H29N3O3. The molecule has 2 saturated heterocycles. The lowest BCUT2D eigenvalue weighted by Gasteiger charge is -2.39. The molecule has 0 aromatic rings. The number of rotatable bonds is 2. The van der Waals surface area contributed by atoms with Gasteiger partial charge in [0.1, 0.15) is 0 Å². The van der Waals surface area contributed by atoms with E-state index in [1.165, 1.54) is 0 Å². The van der Waals surface area contributed by atoms with Gasteiger partial charge in [-0.05, 0) is 40.5 Å². The van der Waals surface area contributed by atoms with Crippen molar-refractivity contribution in [3.05, 3.63) is 0 Å². The van der Waals surface area contributed by atoms with Crippen LogP contribution in [0.4, 0.5) is 4.79 Å². The number of hydrogen-bond acceptors (Lipinski definition) is 3. The van der Waals surface area contributed by atoms with Crippen molar-refractivity contribution in [3.63, 3.8) is 0 Å². The van der Waals surface area contributed by atoms with Crippen LogP contribution < -0.4 is 5.32 Å². The van der Waals surface area contributed by atoms with Crippen molar-refractivity contribution in [2.45, 2.75) is 58.8 Å². The van der Waals surface area contributed by atoms with E-state index in [9.17, 15) is 9.59 Å². The molecule has 1 N–H and O–H groups in total. The number of piperidine rings is 1. The Morgan fingerprint density at radius 2 is 1.73 bits per heavy atom. The van der Waals surface area contributed by atoms with Gasteiger partial charge in [0, 0.05) is 32.2 Å². The second-order valence-corrected chi connectivity index (χ2v) is 6.89. The Bertz CT molecular complexity index is 403. The molecule has 22 heavy (non-hydrogen) atoms. The van der Waals surface area contributed by atoms with Crippen LogP contribution in [0.3, 0.4) is 0 Å². The van der Waals surface area contributed by atoms with E-state index in [4.69, 9.17) is 4.74 Å². The van der Waals surface area contributed by atoms with Gasteiger partial charge < -0.3 is 19.9 Å². The third-order valence-electron chi connectivity index (χ3n) is 4.20. The average Bonchev–Trinajstić information content (AvgIpc) is 2.45. The minimum absolute atomic E-state index is 0.0591. The number of amides is 3. The second kappa shape index (κ2) is 7.31. The van der Waals surface area contributed by atoms with Gasteiger partial charge in [0.15, 0.2) is 0 Å². The lowest BCUT2D eigenvalue weighted by atomic mass is 9.96. The number of likely N-dealkylation sites (tertiary alicyclic amines) is 1. The Morgan fingerprint density at radius 3 is 2.32 bits per heavy atom. The Balaban J connectivity index is 1.93. The summed E-state index contributed by atoms with van der Waals surface area (Å²) >= 11 is 0. The van der Waals surface area contributed by atoms with Crippen molar-refractivity contribution in [1.82, 2.24) is 15.1 Å². The van der Waals surface area contributed by atoms with E-state index in [1.54, 1.807) is 4.90 Å². The summed E-state index contributed by atoms with van der Waals surface area (Å²) in [6, 6.07) is 0.0562. The van der Waals surface area contributed by atoms with Gasteiger partial charge in [0.25, 0.3) is 0 Å². The van der Waals surface area contributed by atoms with Gasteiger partial charge in [-0.25, -0.2) is 4.79 Å². The predicted molar refractivity (Wildman–Crippen MR) is 84.6 cm³/mol. The highest BCUT2D eigenvalue weighted by molar-refractivity contribution is 5.81. The van der Waals surface area contributed by atoms with E-state index in [1.807, 2.05) is 32.6 Å². The van der Waals surface area contributed by atoms with Crippen LogP contribution in [0.5, 0.6) is 0 Å². The fraction of sp³-hybridized carbons (Fsp3) is 0.875. The number of carbonyl (C=O) groups excluding carboxylic acids is 2. The molecule has 0 spiro atoms. The monoisotopic (exact) mass is 311 g/mol. The summed E-state index contributed by atoms with van der Waals surface area (Å²) in [6.45, 7) is 10.5. The molecule has 6 nitrogen and oxygen atoms in total. The van der Waals surface area contributed by atoms with E-state index >= 15 is 0 Å². The quantitative estimate of drug-likeness (QED) is 0.839. The molecule has 2 aliphatic rings. The topological polar surface area (TPSA) is 61.9 Å². The van der Waals surface area contributed by atoms with Gasteiger partial charge in [-0.2, -0.15) is 0 Å². The van der Waals surface area contributed by atoms with Crippen LogP contribution in [0.15, 0.2) is 0 Å². The molecule has 6 heteroatoms. The summed E-state index contributed by atoms with van der Waals surface area (Å²) < 4.78 is 5.69. The molecule has 3 atom stereocenters. The van der Waals surface area contributed by atoms with Crippen LogP contribution in [0, 0.1) is 5.92 Å². The highest BCUT2D eigenvalue weighted by Crippen LogP contribution is 2.21. The van der Waals surface area contributed by atoms with Crippen LogP contribution in [0.2, 0.25) is 0 Å². The fourth-order valence-corrected chi connectivity index (χ4v) is 3.32. The molecule has 2 fully saturated rings. The third-order valence-corrected chi connectivity index (χ3v) is 4.20. The van der Waals surface area contributed by atoms with Crippen LogP contribution >= 0.6 is 0 Å². The second-order valence-electron chi connectivity index (χ2n) is 6.89. The van der Waals surface area contributed by atoms with Crippen molar-refractivity contribution >= 4 is 11.9 Å². The molecule has 126 valence electrons. The highest BCUT2D eigenvalue weighted by atomic mass is 16.5. The zero-order chi connectivity index (χ0) is 16.3. The Morgan fingerprint density at radius 1 is 1.09 bits per heavy atom. The molecule has 2 heterocycles. The summed E-state index contributed by atoms with van der Waals surface area (Å²) in [6.07, 6.45) is 1.91. The van der Waals surface area contributed by atoms with Gasteiger partial charge >= 0.3 is 6.03 Å². The predicted octanol–water partition coefficient (Wildman–Crippen LogP) is 1.45. The molecule has 0 aromatic carbocycles. The van der Waals surface area contributed by atoms with Crippen molar-refractivity contribution in [2.75, 3.05) is 26.2 Å². The molecular weight excluding hydrogens is 282 g/mol. The molecule has 2 rings (SSSR count). The minimum atomic E-state index is -0.0795. The first kappa shape index (κ1) is 17.1. The minimum Gasteiger partial charge on any atom is -0.372 e. The van der Waals surface area contributed by atoms with E-state index in [-0.39, 0.29) is 36.1 Å². The molecule has 0 aliphatic carbocycles. The highest BCUT2D eigenvalue weighted by Gasteiger charge is 2.34. The summed E-state index contributed by atoms with van der Waals surface area (Å²) in [4.78, 5) is 28.6. The van der Waals surface area contributed by atoms with Gasteiger partial charge in [0.05, 0.1) is 18.1 Å². The van der Waals surface area contributed by atoms with Crippen molar-refractivity contribution in [1.29, 1.82) is 0 Å². The lowest BCUT2D eigenvalue weighted by Crippen LogP contribution is -2.54. The third kappa shape index (κ3) is 4.35. The largest absolute Gasteiger partial charge is 0.372 e. The Labute approximate surface area is 133 Å². The van der Waals surface area contributed by atoms with Gasteiger partial charge in [0.2, 0.25) is 5.91 Å². The molecule has 0 aromatic heterocycles. The van der Waals surface area contributed by atoms with Crippen molar-refractivity contribution in [2.24, 2.45) is 5.92 Å². The number of ether oxygens (including phenoxy) is 1. The Hall–Kier alpha value is -1.30. The first-order valence-corrected chi connectivity index (χ1v) is 8.36. The summed E-state index contributed by atoms with van der Waals surface area (Å²) in [7, 11) is 0. The molecule has 0 radical (unpaired) electrons. The normalized spacial score (nSPS) is 29.6. The average molecular weight is 311 g/mol. The van der Waals surface area contributed by atoms with Crippen molar-refractivity contribution < 1.29 is 14.3 Å². The number of urea groups is 1. The smallest absolute Gasteiger partial charge is 0.317 e. The van der Waals surface area contributed by atoms with Crippen molar-refractivity contribution in [3.8, 4) is 0 Å². The Kier molecular flexibility index (Phi) is 5.67. The molecule has 3 amide bonds. The number of nitrogens with one attached hydrogen (secondary N) is 1. The van der Waals surface area contributed by atoms with E-state index < -0.39 is 0 Å². The van der Waals surface area contributed by atoms with Crippen LogP contribution in [0.25, 0.3) is 0 Å². The fourth-order valence-electron chi connectivity index (χ4n) is 3.32. The number of carbonyl (C=O) groups is 2. The first-order valence-electron chi connectivity index (χ1n) is 8.36. The number of nitrogens with zero attached hydrogens (tertiary/aromatic N) is 2. The summed E-state index contributed by atoms with van der Waals surface area (Å²) in [5, 5.41) is 2.91. The van der Waals surface area contributed by atoms with Crippen LogP contribution in [0.1, 0.15) is 40.5 Å². The van der Waals surface area contributed by atoms with Gasteiger partial charge in [-0.3, -0.25) is 4.79 Å². The molecule has 0 saturated carbocycles. The molecule has 2 aliphatic heterocycles. The van der Waals surface area contributed by atoms with E-state index in [2.05, 4.69) is 5.32 Å². The van der Waals surface area contributed by atoms with E-state index in [0.717, 1.165) is 19.4 Å². The molecule has 0 unspecified atom stereocenters. The van der Waals surface area contributed by atoms with E-state index in [0.29, 0.717) is 19.6 Å². The first-order chi connectivity index (χ1) is 10.4. The maximum Gasteiger partial charge on any atom is 0.317 e. The summed E-state index contributed by atoms with van der Waals surface area (Å²) in [5.41, 5.74) is 0. The zero-order valence-electron chi connectivity index (χ0n) is 14.2. The summed E-state index contributed by atoms with van der Waals surface area (Å²) in [5.74, 6) is 0.0909. The van der Waals surface area contributed by atoms with Gasteiger partial charge in [-0.15, -0.1) is 0 Å². The number of morpholine rings is 1. The zero-order valence-corrected chi connectivity index (χ0v) is 14.2. The maximum atomic E-state index is 12.7. The SMILES string of the molecule is CC(C)NC(=O)N1CCC[C@H](C(=O)N2C[C@H](C)O[C@@H](C)C2)C1. The maximum absolute atomic E-state index is 12.7. The number of hydrogen-bond donors (Lipinski definition) is 1. The standard InChI is InChI=1S/C16H29N3O3/c1-11(2)17-16(21)18-7-5-6-14(10-18)15(20)19-8-12(3)22-13(4)9-19/h11-14H,5-10H2,1-4H3,(H,17,21)/t12-,13-,14-/m0/s1. The lowest BCUT2D eigenvalue weighted by molar-refractivity contribution is -0.148. The molecule has 0 bridgehead atoms. The van der Waals surface area contributed by atoms with Crippen LogP contribution in [-0.2, 0) is 9.53 Å². The van der Waals surface area contributed by atoms with Gasteiger partial charge in [-0.1, -0.05) is 0 Å².